The summed E-state index contributed by atoms with van der Waals surface area (Å²) in [4.78, 5) is 25.2. The lowest BCUT2D eigenvalue weighted by molar-refractivity contribution is -0.147. The van der Waals surface area contributed by atoms with Crippen LogP contribution in [0.3, 0.4) is 0 Å². The Hall–Kier alpha value is -1.14. The van der Waals surface area contributed by atoms with Crippen molar-refractivity contribution in [1.29, 1.82) is 0 Å². The average molecular weight is 256 g/mol. The van der Waals surface area contributed by atoms with Crippen LogP contribution in [0.4, 0.5) is 0 Å². The Kier molecular flexibility index (Phi) is 3.87. The number of carbonyl (C=O) groups is 2. The molecule has 0 aromatic heterocycles. The van der Waals surface area contributed by atoms with Crippen molar-refractivity contribution in [1.82, 2.24) is 10.2 Å². The Morgan fingerprint density at radius 3 is 2.44 bits per heavy atom. The smallest absolute Gasteiger partial charge is 0.310 e. The van der Waals surface area contributed by atoms with Crippen molar-refractivity contribution in [3.8, 4) is 0 Å². The van der Waals surface area contributed by atoms with Crippen LogP contribution in [0.15, 0.2) is 0 Å². The van der Waals surface area contributed by atoms with Crippen molar-refractivity contribution >= 4 is 11.9 Å². The minimum Gasteiger partial charge on any atom is -0.481 e. The highest BCUT2D eigenvalue weighted by molar-refractivity contribution is 5.86. The summed E-state index contributed by atoms with van der Waals surface area (Å²) in [5, 5.41) is 12.0. The van der Waals surface area contributed by atoms with Gasteiger partial charge in [0.15, 0.2) is 0 Å². The standard InChI is InChI=1S/C12H20N2O4/c1-14(2)6-5-13-11(15)9-7-3-4-8(18-7)10(9)12(16)17/h7-10H,3-6H2,1-2H3,(H,13,15)(H,16,17)/t7-,8-,9?,10?/m1/s1. The fraction of sp³-hybridized carbons (Fsp3) is 0.833. The van der Waals surface area contributed by atoms with Crippen molar-refractivity contribution < 1.29 is 19.4 Å². The first-order valence-electron chi connectivity index (χ1n) is 6.31. The molecule has 0 aliphatic carbocycles. The van der Waals surface area contributed by atoms with Gasteiger partial charge in [0.25, 0.3) is 0 Å². The highest BCUT2D eigenvalue weighted by Gasteiger charge is 2.55. The van der Waals surface area contributed by atoms with Gasteiger partial charge in [0, 0.05) is 13.1 Å². The Labute approximate surface area is 106 Å². The summed E-state index contributed by atoms with van der Waals surface area (Å²) in [5.41, 5.74) is 0. The number of likely N-dealkylation sites (N-methyl/N-ethyl adjacent to an activating group) is 1. The summed E-state index contributed by atoms with van der Waals surface area (Å²) in [7, 11) is 3.85. The Morgan fingerprint density at radius 1 is 1.28 bits per heavy atom. The van der Waals surface area contributed by atoms with Gasteiger partial charge in [0.2, 0.25) is 5.91 Å². The molecule has 2 bridgehead atoms. The van der Waals surface area contributed by atoms with E-state index in [1.807, 2.05) is 19.0 Å². The van der Waals surface area contributed by atoms with Crippen LogP contribution in [0.1, 0.15) is 12.8 Å². The second kappa shape index (κ2) is 5.24. The molecular formula is C12H20N2O4. The molecule has 2 fully saturated rings. The van der Waals surface area contributed by atoms with Gasteiger partial charge in [-0.15, -0.1) is 0 Å². The zero-order chi connectivity index (χ0) is 13.3. The molecule has 2 unspecified atom stereocenters. The Bertz CT molecular complexity index is 345. The topological polar surface area (TPSA) is 78.9 Å². The molecule has 2 aliphatic heterocycles. The monoisotopic (exact) mass is 256 g/mol. The third kappa shape index (κ3) is 2.49. The quantitative estimate of drug-likeness (QED) is 0.696. The first kappa shape index (κ1) is 13.3. The number of ether oxygens (including phenoxy) is 1. The molecule has 0 spiro atoms. The fourth-order valence-electron chi connectivity index (χ4n) is 2.85. The Morgan fingerprint density at radius 2 is 1.89 bits per heavy atom. The summed E-state index contributed by atoms with van der Waals surface area (Å²) in [5.74, 6) is -2.31. The van der Waals surface area contributed by atoms with Gasteiger partial charge in [-0.3, -0.25) is 9.59 Å². The minimum absolute atomic E-state index is 0.184. The molecule has 1 amide bonds. The molecule has 2 N–H and O–H groups in total. The number of hydrogen-bond donors (Lipinski definition) is 2. The second-order valence-corrected chi connectivity index (χ2v) is 5.27. The van der Waals surface area contributed by atoms with Crippen LogP contribution in [-0.2, 0) is 14.3 Å². The van der Waals surface area contributed by atoms with Crippen LogP contribution >= 0.6 is 0 Å². The molecule has 102 valence electrons. The van der Waals surface area contributed by atoms with E-state index in [-0.39, 0.29) is 18.1 Å². The molecule has 2 saturated heterocycles. The van der Waals surface area contributed by atoms with E-state index in [9.17, 15) is 14.7 Å². The number of hydrogen-bond acceptors (Lipinski definition) is 4. The number of amides is 1. The largest absolute Gasteiger partial charge is 0.481 e. The van der Waals surface area contributed by atoms with Crippen LogP contribution in [-0.4, -0.2) is 61.3 Å². The molecule has 0 aromatic carbocycles. The molecule has 0 radical (unpaired) electrons. The number of carbonyl (C=O) groups excluding carboxylic acids is 1. The van der Waals surface area contributed by atoms with Crippen LogP contribution < -0.4 is 5.32 Å². The lowest BCUT2D eigenvalue weighted by atomic mass is 9.79. The number of carboxylic acids is 1. The van der Waals surface area contributed by atoms with Gasteiger partial charge >= 0.3 is 5.97 Å². The van der Waals surface area contributed by atoms with Crippen LogP contribution in [0.2, 0.25) is 0 Å². The SMILES string of the molecule is CN(C)CCNC(=O)C1C(C(=O)O)[C@H]2CC[C@H]1O2. The summed E-state index contributed by atoms with van der Waals surface area (Å²) in [6.45, 7) is 1.28. The lowest BCUT2D eigenvalue weighted by Gasteiger charge is -2.24. The summed E-state index contributed by atoms with van der Waals surface area (Å²) >= 11 is 0. The van der Waals surface area contributed by atoms with Crippen LogP contribution in [0.5, 0.6) is 0 Å². The van der Waals surface area contributed by atoms with E-state index in [2.05, 4.69) is 5.32 Å². The van der Waals surface area contributed by atoms with Gasteiger partial charge in [-0.2, -0.15) is 0 Å². The Balaban J connectivity index is 1.94. The highest BCUT2D eigenvalue weighted by atomic mass is 16.5. The van der Waals surface area contributed by atoms with Crippen molar-refractivity contribution in [3.05, 3.63) is 0 Å². The molecule has 2 rings (SSSR count). The van der Waals surface area contributed by atoms with Crippen LogP contribution in [0.25, 0.3) is 0 Å². The van der Waals surface area contributed by atoms with Crippen molar-refractivity contribution in [3.63, 3.8) is 0 Å². The zero-order valence-electron chi connectivity index (χ0n) is 10.8. The number of nitrogens with zero attached hydrogens (tertiary/aromatic N) is 1. The third-order valence-corrected chi connectivity index (χ3v) is 3.72. The first-order chi connectivity index (χ1) is 8.50. The van der Waals surface area contributed by atoms with Gasteiger partial charge in [-0.05, 0) is 26.9 Å². The first-order valence-corrected chi connectivity index (χ1v) is 6.31. The number of nitrogens with one attached hydrogen (secondary N) is 1. The molecule has 6 heteroatoms. The number of rotatable bonds is 5. The molecule has 2 heterocycles. The van der Waals surface area contributed by atoms with E-state index in [1.165, 1.54) is 0 Å². The van der Waals surface area contributed by atoms with E-state index >= 15 is 0 Å². The predicted molar refractivity (Wildman–Crippen MR) is 64.1 cm³/mol. The van der Waals surface area contributed by atoms with Crippen molar-refractivity contribution in [2.75, 3.05) is 27.2 Å². The maximum atomic E-state index is 12.1. The van der Waals surface area contributed by atoms with Gasteiger partial charge in [-0.1, -0.05) is 0 Å². The van der Waals surface area contributed by atoms with Crippen molar-refractivity contribution in [2.45, 2.75) is 25.0 Å². The maximum Gasteiger partial charge on any atom is 0.310 e. The van der Waals surface area contributed by atoms with Gasteiger partial charge in [0.1, 0.15) is 0 Å². The zero-order valence-corrected chi connectivity index (χ0v) is 10.8. The van der Waals surface area contributed by atoms with Gasteiger partial charge in [-0.25, -0.2) is 0 Å². The molecule has 0 aromatic rings. The highest BCUT2D eigenvalue weighted by Crippen LogP contribution is 2.43. The average Bonchev–Trinajstić information content (AvgIpc) is 2.87. The van der Waals surface area contributed by atoms with Gasteiger partial charge in [0.05, 0.1) is 24.0 Å². The van der Waals surface area contributed by atoms with E-state index in [0.717, 1.165) is 19.4 Å². The fourth-order valence-corrected chi connectivity index (χ4v) is 2.85. The summed E-state index contributed by atoms with van der Waals surface area (Å²) in [6, 6.07) is 0. The van der Waals surface area contributed by atoms with Crippen LogP contribution in [0, 0.1) is 11.8 Å². The van der Waals surface area contributed by atoms with E-state index < -0.39 is 17.8 Å². The number of fused-ring (bicyclic) bond motifs is 2. The normalized spacial score (nSPS) is 33.9. The molecule has 6 nitrogen and oxygen atoms in total. The summed E-state index contributed by atoms with van der Waals surface area (Å²) < 4.78 is 5.56. The predicted octanol–water partition coefficient (Wildman–Crippen LogP) is -0.458. The molecule has 0 saturated carbocycles. The second-order valence-electron chi connectivity index (χ2n) is 5.27. The lowest BCUT2D eigenvalue weighted by Crippen LogP contribution is -2.45. The molecule has 4 atom stereocenters. The third-order valence-electron chi connectivity index (χ3n) is 3.72. The van der Waals surface area contributed by atoms with Crippen molar-refractivity contribution in [2.24, 2.45) is 11.8 Å². The minimum atomic E-state index is -0.921. The van der Waals surface area contributed by atoms with E-state index in [0.29, 0.717) is 6.54 Å². The number of carboxylic acid groups (broad SMARTS) is 1. The number of aliphatic carboxylic acids is 1. The maximum absolute atomic E-state index is 12.1. The van der Waals surface area contributed by atoms with E-state index in [1.54, 1.807) is 0 Å². The summed E-state index contributed by atoms with van der Waals surface area (Å²) in [6.07, 6.45) is 1.05. The molecule has 2 aliphatic rings. The van der Waals surface area contributed by atoms with Gasteiger partial charge < -0.3 is 20.1 Å². The molecule has 18 heavy (non-hydrogen) atoms. The van der Waals surface area contributed by atoms with E-state index in [4.69, 9.17) is 4.74 Å². The molecular weight excluding hydrogens is 236 g/mol.